The Hall–Kier alpha value is -2.81. The SMILES string of the molecule is COc1cc(C(=O)NC(CCSC)c2nc3ccccc3[nH]2)ccc1OC(F)F. The van der Waals surface area contributed by atoms with Crippen LogP contribution < -0.4 is 14.8 Å². The van der Waals surface area contributed by atoms with E-state index in [1.807, 2.05) is 30.5 Å². The molecular formula is C20H21F2N3O3S. The van der Waals surface area contributed by atoms with Crippen LogP contribution in [0.4, 0.5) is 8.78 Å². The highest BCUT2D eigenvalue weighted by molar-refractivity contribution is 7.98. The molecule has 9 heteroatoms. The van der Waals surface area contributed by atoms with Gasteiger partial charge in [-0.3, -0.25) is 4.79 Å². The van der Waals surface area contributed by atoms with Crippen LogP contribution in [-0.2, 0) is 0 Å². The van der Waals surface area contributed by atoms with E-state index < -0.39 is 6.61 Å². The number of hydrogen-bond acceptors (Lipinski definition) is 5. The van der Waals surface area contributed by atoms with Gasteiger partial charge in [-0.15, -0.1) is 0 Å². The van der Waals surface area contributed by atoms with Crippen LogP contribution in [0.15, 0.2) is 42.5 Å². The van der Waals surface area contributed by atoms with Gasteiger partial charge < -0.3 is 19.8 Å². The summed E-state index contributed by atoms with van der Waals surface area (Å²) in [5.74, 6) is 1.06. The van der Waals surface area contributed by atoms with Gasteiger partial charge in [0.15, 0.2) is 11.5 Å². The zero-order valence-electron chi connectivity index (χ0n) is 15.9. The van der Waals surface area contributed by atoms with Gasteiger partial charge in [-0.05, 0) is 48.8 Å². The molecule has 0 radical (unpaired) electrons. The molecule has 3 aromatic rings. The van der Waals surface area contributed by atoms with Gasteiger partial charge in [-0.1, -0.05) is 12.1 Å². The van der Waals surface area contributed by atoms with Crippen molar-refractivity contribution in [2.75, 3.05) is 19.1 Å². The van der Waals surface area contributed by atoms with Crippen LogP contribution in [0, 0.1) is 0 Å². The van der Waals surface area contributed by atoms with Crippen LogP contribution in [0.25, 0.3) is 11.0 Å². The van der Waals surface area contributed by atoms with Crippen molar-refractivity contribution < 1.29 is 23.0 Å². The predicted octanol–water partition coefficient (Wildman–Crippen LogP) is 4.40. The highest BCUT2D eigenvalue weighted by Crippen LogP contribution is 2.30. The Kier molecular flexibility index (Phi) is 6.92. The van der Waals surface area contributed by atoms with E-state index in [-0.39, 0.29) is 29.0 Å². The molecule has 1 heterocycles. The average molecular weight is 421 g/mol. The lowest BCUT2D eigenvalue weighted by molar-refractivity contribution is -0.0512. The van der Waals surface area contributed by atoms with Crippen molar-refractivity contribution in [3.63, 3.8) is 0 Å². The molecule has 0 saturated carbocycles. The molecule has 0 aliphatic heterocycles. The van der Waals surface area contributed by atoms with Crippen LogP contribution in [0.3, 0.4) is 0 Å². The molecule has 1 unspecified atom stereocenters. The number of nitrogens with zero attached hydrogens (tertiary/aromatic N) is 1. The topological polar surface area (TPSA) is 76.2 Å². The van der Waals surface area contributed by atoms with Gasteiger partial charge in [0.1, 0.15) is 5.82 Å². The van der Waals surface area contributed by atoms with Crippen molar-refractivity contribution >= 4 is 28.7 Å². The molecule has 0 bridgehead atoms. The Balaban J connectivity index is 1.82. The number of aromatic nitrogens is 2. The fraction of sp³-hybridized carbons (Fsp3) is 0.300. The number of carbonyl (C=O) groups is 1. The number of halogens is 2. The summed E-state index contributed by atoms with van der Waals surface area (Å²) < 4.78 is 34.5. The number of amides is 1. The highest BCUT2D eigenvalue weighted by atomic mass is 32.2. The summed E-state index contributed by atoms with van der Waals surface area (Å²) in [6.07, 6.45) is 2.67. The first-order valence-corrected chi connectivity index (χ1v) is 10.3. The second-order valence-corrected chi connectivity index (χ2v) is 7.18. The monoisotopic (exact) mass is 421 g/mol. The molecule has 3 rings (SSSR count). The van der Waals surface area contributed by atoms with E-state index in [9.17, 15) is 13.6 Å². The molecule has 0 fully saturated rings. The number of fused-ring (bicyclic) bond motifs is 1. The van der Waals surface area contributed by atoms with E-state index in [0.717, 1.165) is 16.8 Å². The summed E-state index contributed by atoms with van der Waals surface area (Å²) in [6, 6.07) is 11.4. The van der Waals surface area contributed by atoms with Crippen molar-refractivity contribution in [2.24, 2.45) is 0 Å². The van der Waals surface area contributed by atoms with E-state index in [4.69, 9.17) is 4.74 Å². The van der Waals surface area contributed by atoms with Gasteiger partial charge in [0.2, 0.25) is 0 Å². The smallest absolute Gasteiger partial charge is 0.387 e. The van der Waals surface area contributed by atoms with Crippen molar-refractivity contribution in [3.8, 4) is 11.5 Å². The van der Waals surface area contributed by atoms with Gasteiger partial charge in [0.25, 0.3) is 5.91 Å². The van der Waals surface area contributed by atoms with Gasteiger partial charge in [-0.2, -0.15) is 20.5 Å². The van der Waals surface area contributed by atoms with Crippen LogP contribution >= 0.6 is 11.8 Å². The minimum absolute atomic E-state index is 0.0577. The Labute approximate surface area is 171 Å². The normalized spacial score (nSPS) is 12.2. The number of imidazole rings is 1. The van der Waals surface area contributed by atoms with Crippen LogP contribution in [0.1, 0.15) is 28.6 Å². The van der Waals surface area contributed by atoms with Gasteiger partial charge in [-0.25, -0.2) is 4.98 Å². The number of carbonyl (C=O) groups excluding carboxylic acids is 1. The average Bonchev–Trinajstić information content (AvgIpc) is 3.15. The fourth-order valence-electron chi connectivity index (χ4n) is 2.89. The minimum atomic E-state index is -2.98. The Morgan fingerprint density at radius 2 is 2.03 bits per heavy atom. The Morgan fingerprint density at radius 3 is 2.72 bits per heavy atom. The number of aromatic amines is 1. The summed E-state index contributed by atoms with van der Waals surface area (Å²) in [5.41, 5.74) is 1.98. The molecule has 0 saturated heterocycles. The standard InChI is InChI=1S/C20H21F2N3O3S/c1-27-17-11-12(7-8-16(17)28-20(21)22)19(26)25-15(9-10-29-2)18-23-13-5-3-4-6-14(13)24-18/h3-8,11,15,20H,9-10H2,1-2H3,(H,23,24)(H,25,26). The second-order valence-electron chi connectivity index (χ2n) is 6.19. The maximum atomic E-state index is 12.8. The third-order valence-electron chi connectivity index (χ3n) is 4.30. The lowest BCUT2D eigenvalue weighted by Gasteiger charge is -2.17. The molecule has 0 aliphatic carbocycles. The third-order valence-corrected chi connectivity index (χ3v) is 4.94. The number of para-hydroxylation sites is 2. The number of benzene rings is 2. The fourth-order valence-corrected chi connectivity index (χ4v) is 3.37. The number of H-pyrrole nitrogens is 1. The maximum Gasteiger partial charge on any atom is 0.387 e. The molecule has 29 heavy (non-hydrogen) atoms. The first kappa shape index (κ1) is 20.9. The summed E-state index contributed by atoms with van der Waals surface area (Å²) >= 11 is 1.67. The minimum Gasteiger partial charge on any atom is -0.493 e. The highest BCUT2D eigenvalue weighted by Gasteiger charge is 2.20. The molecule has 1 amide bonds. The third kappa shape index (κ3) is 5.17. The summed E-state index contributed by atoms with van der Waals surface area (Å²) in [7, 11) is 1.32. The summed E-state index contributed by atoms with van der Waals surface area (Å²) in [4.78, 5) is 20.6. The van der Waals surface area contributed by atoms with Crippen molar-refractivity contribution in [3.05, 3.63) is 53.9 Å². The summed E-state index contributed by atoms with van der Waals surface area (Å²) in [5, 5.41) is 2.97. The van der Waals surface area contributed by atoms with Crippen LogP contribution in [0.2, 0.25) is 0 Å². The number of thioether (sulfide) groups is 1. The van der Waals surface area contributed by atoms with Crippen molar-refractivity contribution in [2.45, 2.75) is 19.1 Å². The first-order chi connectivity index (χ1) is 14.0. The van der Waals surface area contributed by atoms with Crippen molar-refractivity contribution in [1.82, 2.24) is 15.3 Å². The van der Waals surface area contributed by atoms with Crippen LogP contribution in [-0.4, -0.2) is 41.6 Å². The largest absolute Gasteiger partial charge is 0.493 e. The molecule has 2 N–H and O–H groups in total. The molecule has 154 valence electrons. The number of hydrogen-bond donors (Lipinski definition) is 2. The van der Waals surface area contributed by atoms with E-state index in [2.05, 4.69) is 20.0 Å². The van der Waals surface area contributed by atoms with Gasteiger partial charge in [0, 0.05) is 5.56 Å². The van der Waals surface area contributed by atoms with Crippen molar-refractivity contribution in [1.29, 1.82) is 0 Å². The van der Waals surface area contributed by atoms with E-state index in [0.29, 0.717) is 12.2 Å². The number of methoxy groups -OCH3 is 1. The summed E-state index contributed by atoms with van der Waals surface area (Å²) in [6.45, 7) is -2.98. The van der Waals surface area contributed by atoms with E-state index >= 15 is 0 Å². The van der Waals surface area contributed by atoms with Gasteiger partial charge in [0.05, 0.1) is 24.2 Å². The number of nitrogens with one attached hydrogen (secondary N) is 2. The molecule has 1 atom stereocenters. The predicted molar refractivity (Wildman–Crippen MR) is 109 cm³/mol. The first-order valence-electron chi connectivity index (χ1n) is 8.89. The number of rotatable bonds is 9. The molecule has 0 spiro atoms. The molecule has 1 aromatic heterocycles. The lowest BCUT2D eigenvalue weighted by atomic mass is 10.1. The quantitative estimate of drug-likeness (QED) is 0.536. The lowest BCUT2D eigenvalue weighted by Crippen LogP contribution is -2.29. The van der Waals surface area contributed by atoms with Crippen LogP contribution in [0.5, 0.6) is 11.5 Å². The Morgan fingerprint density at radius 1 is 1.24 bits per heavy atom. The molecule has 0 aliphatic rings. The van der Waals surface area contributed by atoms with Gasteiger partial charge >= 0.3 is 6.61 Å². The zero-order chi connectivity index (χ0) is 20.8. The van der Waals surface area contributed by atoms with E-state index in [1.165, 1.54) is 25.3 Å². The molecule has 6 nitrogen and oxygen atoms in total. The van der Waals surface area contributed by atoms with E-state index in [1.54, 1.807) is 11.8 Å². The maximum absolute atomic E-state index is 12.8. The number of ether oxygens (including phenoxy) is 2. The zero-order valence-corrected chi connectivity index (χ0v) is 16.8. The Bertz CT molecular complexity index is 948. The second kappa shape index (κ2) is 9.60. The molecular weight excluding hydrogens is 400 g/mol. The molecule has 2 aromatic carbocycles. The number of alkyl halides is 2.